The van der Waals surface area contributed by atoms with Gasteiger partial charge in [-0.15, -0.1) is 0 Å². The molecule has 0 saturated heterocycles. The van der Waals surface area contributed by atoms with Crippen LogP contribution in [0.2, 0.25) is 0 Å². The Labute approximate surface area is 121 Å². The lowest BCUT2D eigenvalue weighted by Gasteiger charge is -2.10. The highest BCUT2D eigenvalue weighted by Gasteiger charge is 2.25. The maximum absolute atomic E-state index is 12.0. The van der Waals surface area contributed by atoms with Crippen LogP contribution in [-0.2, 0) is 11.3 Å². The van der Waals surface area contributed by atoms with Crippen LogP contribution in [-0.4, -0.2) is 29.3 Å². The number of halogens is 3. The summed E-state index contributed by atoms with van der Waals surface area (Å²) in [6.07, 6.45) is -4.40. The van der Waals surface area contributed by atoms with Crippen molar-refractivity contribution in [1.29, 1.82) is 0 Å². The van der Waals surface area contributed by atoms with Crippen LogP contribution in [0.15, 0.2) is 6.07 Å². The van der Waals surface area contributed by atoms with Gasteiger partial charge in [-0.25, -0.2) is 15.8 Å². The molecule has 0 aliphatic carbocycles. The number of hydrogen-bond donors (Lipinski definition) is 3. The van der Waals surface area contributed by atoms with Gasteiger partial charge >= 0.3 is 6.18 Å². The predicted octanol–water partition coefficient (Wildman–Crippen LogP) is 2.44. The van der Waals surface area contributed by atoms with Gasteiger partial charge in [-0.3, -0.25) is 0 Å². The molecule has 0 amide bonds. The van der Waals surface area contributed by atoms with Crippen molar-refractivity contribution in [2.24, 2.45) is 5.84 Å². The van der Waals surface area contributed by atoms with E-state index < -0.39 is 12.6 Å². The van der Waals surface area contributed by atoms with Crippen molar-refractivity contribution < 1.29 is 17.9 Å². The van der Waals surface area contributed by atoms with E-state index in [1.807, 2.05) is 6.92 Å². The van der Waals surface area contributed by atoms with Crippen LogP contribution < -0.4 is 16.6 Å². The van der Waals surface area contributed by atoms with E-state index in [1.54, 1.807) is 6.07 Å². The smallest absolute Gasteiger partial charge is 0.374 e. The molecule has 0 bridgehead atoms. The number of ether oxygens (including phenoxy) is 1. The first-order chi connectivity index (χ1) is 9.94. The van der Waals surface area contributed by atoms with Gasteiger partial charge in [0.05, 0.1) is 0 Å². The van der Waals surface area contributed by atoms with Crippen molar-refractivity contribution in [2.75, 3.05) is 23.9 Å². The first-order valence-electron chi connectivity index (χ1n) is 6.67. The van der Waals surface area contributed by atoms with Crippen molar-refractivity contribution >= 4 is 11.6 Å². The van der Waals surface area contributed by atoms with Gasteiger partial charge < -0.3 is 15.5 Å². The van der Waals surface area contributed by atoms with Crippen molar-refractivity contribution in [2.45, 2.75) is 39.0 Å². The zero-order chi connectivity index (χ0) is 15.7. The number of anilines is 2. The summed E-state index contributed by atoms with van der Waals surface area (Å²) in [5, 5.41) is 2.95. The molecule has 0 aromatic carbocycles. The number of unbranched alkanes of at least 4 members (excludes halogenated alkanes) is 1. The molecule has 0 aliphatic rings. The molecule has 120 valence electrons. The highest BCUT2D eigenvalue weighted by molar-refractivity contribution is 5.46. The van der Waals surface area contributed by atoms with E-state index in [0.29, 0.717) is 37.0 Å². The second kappa shape index (κ2) is 8.63. The molecule has 1 heterocycles. The topological polar surface area (TPSA) is 85.1 Å². The van der Waals surface area contributed by atoms with E-state index in [-0.39, 0.29) is 13.0 Å². The molecule has 0 unspecified atom stereocenters. The Balaban J connectivity index is 2.46. The standard InChI is InChI=1S/C12H20F3N5O/c1-2-21-8-11-18-9(7-10(19-11)20-16)17-6-4-3-5-12(13,14)15/h7H,2-6,8,16H2,1H3,(H2,17,18,19,20). The number of rotatable bonds is 9. The predicted molar refractivity (Wildman–Crippen MR) is 73.6 cm³/mol. The summed E-state index contributed by atoms with van der Waals surface area (Å²) in [7, 11) is 0. The molecule has 0 fully saturated rings. The van der Waals surface area contributed by atoms with Crippen LogP contribution in [0.25, 0.3) is 0 Å². The number of nitrogen functional groups attached to an aromatic ring is 1. The van der Waals surface area contributed by atoms with Crippen LogP contribution in [0.4, 0.5) is 24.8 Å². The second-order valence-corrected chi connectivity index (χ2v) is 4.34. The third-order valence-electron chi connectivity index (χ3n) is 2.55. The molecule has 9 heteroatoms. The molecule has 0 aliphatic heterocycles. The zero-order valence-electron chi connectivity index (χ0n) is 11.8. The lowest BCUT2D eigenvalue weighted by atomic mass is 10.2. The van der Waals surface area contributed by atoms with Gasteiger partial charge in [0, 0.05) is 25.6 Å². The number of nitrogens with one attached hydrogen (secondary N) is 2. The van der Waals surface area contributed by atoms with E-state index >= 15 is 0 Å². The largest absolute Gasteiger partial charge is 0.389 e. The number of hydrogen-bond acceptors (Lipinski definition) is 6. The molecule has 0 spiro atoms. The summed E-state index contributed by atoms with van der Waals surface area (Å²) in [4.78, 5) is 8.31. The molecule has 4 N–H and O–H groups in total. The summed E-state index contributed by atoms with van der Waals surface area (Å²) in [6.45, 7) is 3.02. The van der Waals surface area contributed by atoms with Crippen LogP contribution in [0.5, 0.6) is 0 Å². The summed E-state index contributed by atoms with van der Waals surface area (Å²) < 4.78 is 41.2. The van der Waals surface area contributed by atoms with Gasteiger partial charge in [-0.2, -0.15) is 13.2 Å². The number of hydrazine groups is 1. The average molecular weight is 307 g/mol. The summed E-state index contributed by atoms with van der Waals surface area (Å²) in [6, 6.07) is 1.58. The Hall–Kier alpha value is -1.61. The van der Waals surface area contributed by atoms with Crippen LogP contribution in [0, 0.1) is 0 Å². The lowest BCUT2D eigenvalue weighted by molar-refractivity contribution is -0.135. The first-order valence-corrected chi connectivity index (χ1v) is 6.67. The zero-order valence-corrected chi connectivity index (χ0v) is 11.8. The van der Waals surface area contributed by atoms with Gasteiger partial charge in [0.25, 0.3) is 0 Å². The van der Waals surface area contributed by atoms with Gasteiger partial charge in [0.1, 0.15) is 18.2 Å². The van der Waals surface area contributed by atoms with Crippen molar-refractivity contribution in [1.82, 2.24) is 9.97 Å². The summed E-state index contributed by atoms with van der Waals surface area (Å²) in [5.74, 6) is 6.67. The molecule has 0 radical (unpaired) electrons. The number of alkyl halides is 3. The van der Waals surface area contributed by atoms with E-state index in [0.717, 1.165) is 0 Å². The summed E-state index contributed by atoms with van der Waals surface area (Å²) >= 11 is 0. The van der Waals surface area contributed by atoms with Gasteiger partial charge in [-0.05, 0) is 19.8 Å². The molecule has 1 aromatic heterocycles. The van der Waals surface area contributed by atoms with Gasteiger partial charge in [-0.1, -0.05) is 0 Å². The van der Waals surface area contributed by atoms with E-state index in [4.69, 9.17) is 10.6 Å². The third-order valence-corrected chi connectivity index (χ3v) is 2.55. The Bertz CT molecular complexity index is 428. The first kappa shape index (κ1) is 17.4. The molecule has 1 rings (SSSR count). The van der Waals surface area contributed by atoms with E-state index in [9.17, 15) is 13.2 Å². The minimum Gasteiger partial charge on any atom is -0.374 e. The maximum atomic E-state index is 12.0. The highest BCUT2D eigenvalue weighted by Crippen LogP contribution is 2.22. The third kappa shape index (κ3) is 7.66. The molecule has 1 aromatic rings. The second-order valence-electron chi connectivity index (χ2n) is 4.34. The molecule has 0 saturated carbocycles. The fraction of sp³-hybridized carbons (Fsp3) is 0.667. The minimum atomic E-state index is -4.10. The Kier molecular flexibility index (Phi) is 7.17. The van der Waals surface area contributed by atoms with Crippen molar-refractivity contribution in [3.05, 3.63) is 11.9 Å². The highest BCUT2D eigenvalue weighted by atomic mass is 19.4. The van der Waals surface area contributed by atoms with Gasteiger partial charge in [0.15, 0.2) is 5.82 Å². The monoisotopic (exact) mass is 307 g/mol. The van der Waals surface area contributed by atoms with E-state index in [1.165, 1.54) is 0 Å². The Morgan fingerprint density at radius 2 is 1.95 bits per heavy atom. The Morgan fingerprint density at radius 3 is 2.57 bits per heavy atom. The van der Waals surface area contributed by atoms with Crippen LogP contribution in [0.1, 0.15) is 32.0 Å². The number of nitrogens with two attached hydrogens (primary N) is 1. The quantitative estimate of drug-likeness (QED) is 0.369. The van der Waals surface area contributed by atoms with Crippen LogP contribution >= 0.6 is 0 Å². The number of aromatic nitrogens is 2. The van der Waals surface area contributed by atoms with Crippen molar-refractivity contribution in [3.63, 3.8) is 0 Å². The average Bonchev–Trinajstić information content (AvgIpc) is 2.43. The SMILES string of the molecule is CCOCc1nc(NN)cc(NCCCCC(F)(F)F)n1. The maximum Gasteiger partial charge on any atom is 0.389 e. The molecule has 6 nitrogen and oxygen atoms in total. The fourth-order valence-corrected chi connectivity index (χ4v) is 1.59. The van der Waals surface area contributed by atoms with Crippen LogP contribution in [0.3, 0.4) is 0 Å². The molecular formula is C12H20F3N5O. The van der Waals surface area contributed by atoms with Gasteiger partial charge in [0.2, 0.25) is 0 Å². The molecule has 21 heavy (non-hydrogen) atoms. The lowest BCUT2D eigenvalue weighted by Crippen LogP contribution is -2.13. The normalized spacial score (nSPS) is 11.5. The molecule has 0 atom stereocenters. The van der Waals surface area contributed by atoms with E-state index in [2.05, 4.69) is 20.7 Å². The minimum absolute atomic E-state index is 0.0788. The molecular weight excluding hydrogens is 287 g/mol. The Morgan fingerprint density at radius 1 is 1.24 bits per heavy atom. The number of nitrogens with zero attached hydrogens (tertiary/aromatic N) is 2. The van der Waals surface area contributed by atoms with Crippen molar-refractivity contribution in [3.8, 4) is 0 Å². The summed E-state index contributed by atoms with van der Waals surface area (Å²) in [5.41, 5.74) is 2.41. The fourth-order valence-electron chi connectivity index (χ4n) is 1.59.